The molecule has 0 radical (unpaired) electrons. The zero-order valence-electron chi connectivity index (χ0n) is 12.3. The minimum Gasteiger partial charge on any atom is -0.348 e. The zero-order chi connectivity index (χ0) is 16.2. The van der Waals surface area contributed by atoms with Crippen LogP contribution in [0.2, 0.25) is 5.02 Å². The van der Waals surface area contributed by atoms with Crippen molar-refractivity contribution in [2.75, 3.05) is 0 Å². The number of benzene rings is 1. The number of hydrogen-bond donors (Lipinski definition) is 1. The van der Waals surface area contributed by atoms with Gasteiger partial charge in [-0.1, -0.05) is 23.7 Å². The Bertz CT molecular complexity index is 785. The molecule has 0 saturated heterocycles. The van der Waals surface area contributed by atoms with Crippen LogP contribution in [0.25, 0.3) is 11.4 Å². The highest BCUT2D eigenvalue weighted by atomic mass is 35.5. The number of amides is 1. The molecular weight excluding hydrogens is 334 g/mol. The van der Waals surface area contributed by atoms with Gasteiger partial charge < -0.3 is 5.32 Å². The quantitative estimate of drug-likeness (QED) is 0.770. The fraction of sp³-hybridized carbons (Fsp3) is 0.200. The van der Waals surface area contributed by atoms with Crippen LogP contribution in [0.15, 0.2) is 41.1 Å². The lowest BCUT2D eigenvalue weighted by Crippen LogP contribution is -2.30. The number of aromatic nitrogens is 4. The van der Waals surface area contributed by atoms with Gasteiger partial charge in [0.05, 0.1) is 6.04 Å². The van der Waals surface area contributed by atoms with Crippen molar-refractivity contribution in [3.8, 4) is 11.4 Å². The van der Waals surface area contributed by atoms with Gasteiger partial charge in [0.15, 0.2) is 0 Å². The van der Waals surface area contributed by atoms with E-state index in [9.17, 15) is 4.79 Å². The van der Waals surface area contributed by atoms with Crippen LogP contribution >= 0.6 is 22.9 Å². The largest absolute Gasteiger partial charge is 0.348 e. The van der Waals surface area contributed by atoms with Crippen LogP contribution in [0.3, 0.4) is 0 Å². The third-order valence-electron chi connectivity index (χ3n) is 3.26. The van der Waals surface area contributed by atoms with E-state index in [1.165, 1.54) is 4.80 Å². The molecule has 0 fully saturated rings. The van der Waals surface area contributed by atoms with Crippen molar-refractivity contribution in [3.05, 3.63) is 51.7 Å². The van der Waals surface area contributed by atoms with E-state index in [0.29, 0.717) is 10.8 Å². The van der Waals surface area contributed by atoms with Crippen LogP contribution in [0.5, 0.6) is 0 Å². The van der Waals surface area contributed by atoms with Gasteiger partial charge in [-0.2, -0.15) is 16.1 Å². The highest BCUT2D eigenvalue weighted by Crippen LogP contribution is 2.17. The normalized spacial score (nSPS) is 12.1. The molecule has 0 saturated carbocycles. The molecule has 0 bridgehead atoms. The first-order chi connectivity index (χ1) is 11.1. The summed E-state index contributed by atoms with van der Waals surface area (Å²) in [5.41, 5.74) is 1.88. The van der Waals surface area contributed by atoms with Crippen LogP contribution in [0, 0.1) is 0 Å². The Morgan fingerprint density at radius 1 is 1.35 bits per heavy atom. The highest BCUT2D eigenvalue weighted by molar-refractivity contribution is 7.08. The summed E-state index contributed by atoms with van der Waals surface area (Å²) in [5, 5.41) is 19.5. The van der Waals surface area contributed by atoms with Gasteiger partial charge in [-0.15, -0.1) is 10.2 Å². The first-order valence-electron chi connectivity index (χ1n) is 6.97. The van der Waals surface area contributed by atoms with Crippen molar-refractivity contribution < 1.29 is 4.79 Å². The number of carbonyl (C=O) groups excluding carboxylic acids is 1. The minimum absolute atomic E-state index is 0.0229. The number of halogens is 1. The molecule has 3 aromatic rings. The fourth-order valence-corrected chi connectivity index (χ4v) is 2.83. The number of tetrazole rings is 1. The van der Waals surface area contributed by atoms with E-state index >= 15 is 0 Å². The fourth-order valence-electron chi connectivity index (χ4n) is 2.07. The number of rotatable bonds is 5. The van der Waals surface area contributed by atoms with Gasteiger partial charge in [-0.05, 0) is 41.3 Å². The summed E-state index contributed by atoms with van der Waals surface area (Å²) < 4.78 is 0. The molecule has 0 aliphatic carbocycles. The molecule has 23 heavy (non-hydrogen) atoms. The van der Waals surface area contributed by atoms with Gasteiger partial charge in [0.25, 0.3) is 0 Å². The molecule has 2 aromatic heterocycles. The van der Waals surface area contributed by atoms with Crippen molar-refractivity contribution in [3.63, 3.8) is 0 Å². The maximum atomic E-state index is 12.1. The van der Waals surface area contributed by atoms with E-state index in [1.54, 1.807) is 23.5 Å². The Morgan fingerprint density at radius 3 is 2.83 bits per heavy atom. The Kier molecular flexibility index (Phi) is 4.68. The van der Waals surface area contributed by atoms with Crippen molar-refractivity contribution in [1.29, 1.82) is 0 Å². The molecule has 0 aliphatic heterocycles. The van der Waals surface area contributed by atoms with Gasteiger partial charge in [0, 0.05) is 16.0 Å². The van der Waals surface area contributed by atoms with E-state index in [4.69, 9.17) is 11.6 Å². The van der Waals surface area contributed by atoms with Gasteiger partial charge in [-0.25, -0.2) is 0 Å². The average molecular weight is 348 g/mol. The summed E-state index contributed by atoms with van der Waals surface area (Å²) >= 11 is 7.42. The van der Waals surface area contributed by atoms with Crippen LogP contribution in [0.4, 0.5) is 0 Å². The second-order valence-corrected chi connectivity index (χ2v) is 6.21. The van der Waals surface area contributed by atoms with Crippen molar-refractivity contribution >= 4 is 28.8 Å². The van der Waals surface area contributed by atoms with Crippen molar-refractivity contribution in [1.82, 2.24) is 25.5 Å². The van der Waals surface area contributed by atoms with Crippen LogP contribution < -0.4 is 5.32 Å². The molecule has 0 unspecified atom stereocenters. The smallest absolute Gasteiger partial charge is 0.244 e. The molecular formula is C15H14ClN5OS. The predicted octanol–water partition coefficient (Wildman–Crippen LogP) is 2.93. The van der Waals surface area contributed by atoms with Gasteiger partial charge >= 0.3 is 0 Å². The number of carbonyl (C=O) groups is 1. The maximum Gasteiger partial charge on any atom is 0.244 e. The van der Waals surface area contributed by atoms with Gasteiger partial charge in [0.2, 0.25) is 11.7 Å². The summed E-state index contributed by atoms with van der Waals surface area (Å²) in [6, 6.07) is 9.15. The van der Waals surface area contributed by atoms with E-state index in [-0.39, 0.29) is 18.5 Å². The van der Waals surface area contributed by atoms with Crippen molar-refractivity contribution in [2.45, 2.75) is 19.5 Å². The Labute approximate surface area is 142 Å². The van der Waals surface area contributed by atoms with E-state index in [0.717, 1.165) is 11.1 Å². The molecule has 3 rings (SSSR count). The first-order valence-corrected chi connectivity index (χ1v) is 8.29. The molecule has 1 N–H and O–H groups in total. The number of nitrogens with zero attached hydrogens (tertiary/aromatic N) is 4. The van der Waals surface area contributed by atoms with E-state index in [2.05, 4.69) is 20.7 Å². The standard InChI is InChI=1S/C15H14ClN5OS/c1-10(11-2-4-13(16)5-3-11)17-14(22)8-21-19-15(18-20-21)12-6-7-23-9-12/h2-7,9-10H,8H2,1H3,(H,17,22)/t10-/m0/s1. The lowest BCUT2D eigenvalue weighted by atomic mass is 10.1. The molecule has 0 aliphatic rings. The van der Waals surface area contributed by atoms with E-state index in [1.807, 2.05) is 35.9 Å². The minimum atomic E-state index is -0.179. The SMILES string of the molecule is C[C@H](NC(=O)Cn1nnc(-c2ccsc2)n1)c1ccc(Cl)cc1. The number of thiophene rings is 1. The summed E-state index contributed by atoms with van der Waals surface area (Å²) in [4.78, 5) is 13.4. The third kappa shape index (κ3) is 3.94. The third-order valence-corrected chi connectivity index (χ3v) is 4.20. The number of nitrogens with one attached hydrogen (secondary N) is 1. The molecule has 1 amide bonds. The second kappa shape index (κ2) is 6.89. The Morgan fingerprint density at radius 2 is 2.13 bits per heavy atom. The molecule has 1 atom stereocenters. The van der Waals surface area contributed by atoms with Crippen LogP contribution in [0.1, 0.15) is 18.5 Å². The molecule has 6 nitrogen and oxygen atoms in total. The Balaban J connectivity index is 1.60. The summed E-state index contributed by atoms with van der Waals surface area (Å²) in [6.45, 7) is 1.93. The second-order valence-electron chi connectivity index (χ2n) is 5.00. The predicted molar refractivity (Wildman–Crippen MR) is 89.1 cm³/mol. The van der Waals surface area contributed by atoms with Gasteiger partial charge in [-0.3, -0.25) is 4.79 Å². The van der Waals surface area contributed by atoms with Gasteiger partial charge in [0.1, 0.15) is 6.54 Å². The summed E-state index contributed by atoms with van der Waals surface area (Å²) in [5.74, 6) is 0.339. The zero-order valence-corrected chi connectivity index (χ0v) is 13.9. The maximum absolute atomic E-state index is 12.1. The molecule has 8 heteroatoms. The lowest BCUT2D eigenvalue weighted by Gasteiger charge is -2.14. The summed E-state index contributed by atoms with van der Waals surface area (Å²) in [7, 11) is 0. The first kappa shape index (κ1) is 15.6. The van der Waals surface area contributed by atoms with E-state index < -0.39 is 0 Å². The average Bonchev–Trinajstić information content (AvgIpc) is 3.18. The van der Waals surface area contributed by atoms with Crippen molar-refractivity contribution in [2.24, 2.45) is 0 Å². The summed E-state index contributed by atoms with van der Waals surface area (Å²) in [6.07, 6.45) is 0. The van der Waals surface area contributed by atoms with Crippen LogP contribution in [-0.4, -0.2) is 26.1 Å². The monoisotopic (exact) mass is 347 g/mol. The Hall–Kier alpha value is -2.25. The molecule has 1 aromatic carbocycles. The highest BCUT2D eigenvalue weighted by Gasteiger charge is 2.12. The topological polar surface area (TPSA) is 72.7 Å². The molecule has 0 spiro atoms. The molecule has 2 heterocycles. The van der Waals surface area contributed by atoms with Crippen LogP contribution in [-0.2, 0) is 11.3 Å². The number of hydrogen-bond acceptors (Lipinski definition) is 5. The lowest BCUT2D eigenvalue weighted by molar-refractivity contribution is -0.122. The molecule has 118 valence electrons.